The Labute approximate surface area is 90.8 Å². The molecule has 0 saturated carbocycles. The summed E-state index contributed by atoms with van der Waals surface area (Å²) >= 11 is 4.93. The molecule has 1 aromatic rings. The molecular weight excluding hydrogens is 190 g/mol. The Balaban J connectivity index is 2.34. The Morgan fingerprint density at radius 3 is 2.57 bits per heavy atom. The van der Waals surface area contributed by atoms with Crippen LogP contribution in [-0.4, -0.2) is 4.99 Å². The van der Waals surface area contributed by atoms with Crippen molar-refractivity contribution in [3.63, 3.8) is 0 Å². The highest BCUT2D eigenvalue weighted by molar-refractivity contribution is 7.80. The van der Waals surface area contributed by atoms with Gasteiger partial charge < -0.3 is 5.32 Å². The van der Waals surface area contributed by atoms with Crippen molar-refractivity contribution in [1.82, 2.24) is 5.32 Å². The molecule has 0 saturated heterocycles. The summed E-state index contributed by atoms with van der Waals surface area (Å²) in [6.07, 6.45) is 1.94. The first-order valence-corrected chi connectivity index (χ1v) is 5.08. The maximum absolute atomic E-state index is 4.93. The van der Waals surface area contributed by atoms with Gasteiger partial charge >= 0.3 is 0 Å². The van der Waals surface area contributed by atoms with E-state index in [0.29, 0.717) is 0 Å². The van der Waals surface area contributed by atoms with Crippen LogP contribution in [-0.2, 0) is 6.42 Å². The van der Waals surface area contributed by atoms with Gasteiger partial charge in [-0.05, 0) is 25.3 Å². The standard InChI is InChI=1S/C12H15NS/c1-10(13-11(2)14)8-9-12-6-4-3-5-7-12/h3-7H,1,8-9H2,2H3,(H,13,14). The lowest BCUT2D eigenvalue weighted by Crippen LogP contribution is -2.16. The van der Waals surface area contributed by atoms with Gasteiger partial charge in [-0.15, -0.1) is 0 Å². The fourth-order valence-electron chi connectivity index (χ4n) is 1.25. The fourth-order valence-corrected chi connectivity index (χ4v) is 1.40. The van der Waals surface area contributed by atoms with Crippen molar-refractivity contribution in [2.24, 2.45) is 0 Å². The van der Waals surface area contributed by atoms with Crippen molar-refractivity contribution < 1.29 is 0 Å². The van der Waals surface area contributed by atoms with Gasteiger partial charge in [-0.25, -0.2) is 0 Å². The highest BCUT2D eigenvalue weighted by Gasteiger charge is 1.96. The molecule has 0 radical (unpaired) electrons. The van der Waals surface area contributed by atoms with Gasteiger partial charge in [0.15, 0.2) is 0 Å². The van der Waals surface area contributed by atoms with Crippen molar-refractivity contribution in [2.75, 3.05) is 0 Å². The summed E-state index contributed by atoms with van der Waals surface area (Å²) in [6, 6.07) is 10.4. The second-order valence-corrected chi connectivity index (χ2v) is 3.88. The largest absolute Gasteiger partial charge is 0.354 e. The first-order chi connectivity index (χ1) is 6.68. The third kappa shape index (κ3) is 4.19. The number of hydrogen-bond acceptors (Lipinski definition) is 1. The van der Waals surface area contributed by atoms with Gasteiger partial charge in [0.1, 0.15) is 0 Å². The predicted molar refractivity (Wildman–Crippen MR) is 65.3 cm³/mol. The van der Waals surface area contributed by atoms with E-state index < -0.39 is 0 Å². The van der Waals surface area contributed by atoms with E-state index in [1.54, 1.807) is 0 Å². The molecule has 0 aliphatic carbocycles. The number of benzene rings is 1. The Morgan fingerprint density at radius 2 is 2.00 bits per heavy atom. The quantitative estimate of drug-likeness (QED) is 0.758. The minimum absolute atomic E-state index is 0.781. The zero-order chi connectivity index (χ0) is 10.4. The van der Waals surface area contributed by atoms with Gasteiger partial charge in [-0.3, -0.25) is 0 Å². The second kappa shape index (κ2) is 5.55. The lowest BCUT2D eigenvalue weighted by atomic mass is 10.1. The van der Waals surface area contributed by atoms with Gasteiger partial charge in [-0.2, -0.15) is 0 Å². The minimum atomic E-state index is 0.781. The molecule has 0 atom stereocenters. The molecule has 1 rings (SSSR count). The van der Waals surface area contributed by atoms with Crippen LogP contribution in [0.15, 0.2) is 42.6 Å². The van der Waals surface area contributed by atoms with Gasteiger partial charge in [0.2, 0.25) is 0 Å². The van der Waals surface area contributed by atoms with Crippen molar-refractivity contribution in [2.45, 2.75) is 19.8 Å². The maximum Gasteiger partial charge on any atom is 0.0763 e. The second-order valence-electron chi connectivity index (χ2n) is 3.27. The van der Waals surface area contributed by atoms with Gasteiger partial charge in [0, 0.05) is 5.70 Å². The smallest absolute Gasteiger partial charge is 0.0763 e. The topological polar surface area (TPSA) is 12.0 Å². The highest BCUT2D eigenvalue weighted by Crippen LogP contribution is 2.05. The van der Waals surface area contributed by atoms with Crippen LogP contribution in [0.25, 0.3) is 0 Å². The SMILES string of the molecule is C=C(CCc1ccccc1)NC(C)=S. The molecule has 1 N–H and O–H groups in total. The summed E-state index contributed by atoms with van der Waals surface area (Å²) in [5, 5.41) is 3.05. The van der Waals surface area contributed by atoms with Crippen molar-refractivity contribution in [3.05, 3.63) is 48.2 Å². The Bertz CT molecular complexity index is 316. The summed E-state index contributed by atoms with van der Waals surface area (Å²) in [5.74, 6) is 0. The fraction of sp³-hybridized carbons (Fsp3) is 0.250. The molecule has 2 heteroatoms. The number of nitrogens with one attached hydrogen (secondary N) is 1. The van der Waals surface area contributed by atoms with Crippen molar-refractivity contribution in [3.8, 4) is 0 Å². The molecule has 1 aromatic carbocycles. The first-order valence-electron chi connectivity index (χ1n) is 4.68. The van der Waals surface area contributed by atoms with E-state index in [1.165, 1.54) is 5.56 Å². The van der Waals surface area contributed by atoms with E-state index in [0.717, 1.165) is 23.5 Å². The molecule has 1 nitrogen and oxygen atoms in total. The summed E-state index contributed by atoms with van der Waals surface area (Å²) in [5.41, 5.74) is 2.32. The average Bonchev–Trinajstić information content (AvgIpc) is 2.15. The molecule has 0 unspecified atom stereocenters. The molecule has 74 valence electrons. The van der Waals surface area contributed by atoms with E-state index >= 15 is 0 Å². The lowest BCUT2D eigenvalue weighted by molar-refractivity contribution is 0.890. The molecule has 0 aromatic heterocycles. The highest BCUT2D eigenvalue weighted by atomic mass is 32.1. The molecule has 0 bridgehead atoms. The molecule has 0 amide bonds. The van der Waals surface area contributed by atoms with Crippen LogP contribution in [0.4, 0.5) is 0 Å². The first kappa shape index (κ1) is 10.9. The number of aryl methyl sites for hydroxylation is 1. The molecule has 0 fully saturated rings. The van der Waals surface area contributed by atoms with Gasteiger partial charge in [0.25, 0.3) is 0 Å². The third-order valence-electron chi connectivity index (χ3n) is 1.91. The van der Waals surface area contributed by atoms with Gasteiger partial charge in [-0.1, -0.05) is 49.1 Å². The van der Waals surface area contributed by atoms with Crippen LogP contribution < -0.4 is 5.32 Å². The zero-order valence-electron chi connectivity index (χ0n) is 8.42. The van der Waals surface area contributed by atoms with E-state index in [4.69, 9.17) is 12.2 Å². The third-order valence-corrected chi connectivity index (χ3v) is 2.01. The van der Waals surface area contributed by atoms with Crippen LogP contribution in [0.3, 0.4) is 0 Å². The summed E-state index contributed by atoms with van der Waals surface area (Å²) in [4.78, 5) is 0.781. The Hall–Kier alpha value is -1.15. The molecular formula is C12H15NS. The molecule has 0 spiro atoms. The Kier molecular flexibility index (Phi) is 4.33. The summed E-state index contributed by atoms with van der Waals surface area (Å²) in [6.45, 7) is 5.78. The average molecular weight is 205 g/mol. The number of rotatable bonds is 4. The number of hydrogen-bond donors (Lipinski definition) is 1. The van der Waals surface area contributed by atoms with Crippen LogP contribution in [0.5, 0.6) is 0 Å². The molecule has 0 aliphatic rings. The summed E-state index contributed by atoms with van der Waals surface area (Å²) in [7, 11) is 0. The van der Waals surface area contributed by atoms with Crippen LogP contribution in [0, 0.1) is 0 Å². The van der Waals surface area contributed by atoms with Crippen molar-refractivity contribution >= 4 is 17.2 Å². The van der Waals surface area contributed by atoms with Crippen LogP contribution >= 0.6 is 12.2 Å². The maximum atomic E-state index is 4.93. The minimum Gasteiger partial charge on any atom is -0.354 e. The molecule has 14 heavy (non-hydrogen) atoms. The zero-order valence-corrected chi connectivity index (χ0v) is 9.23. The number of thiocarbonyl (C=S) groups is 1. The van der Waals surface area contributed by atoms with E-state index in [9.17, 15) is 0 Å². The van der Waals surface area contributed by atoms with E-state index in [-0.39, 0.29) is 0 Å². The van der Waals surface area contributed by atoms with E-state index in [1.807, 2.05) is 13.0 Å². The van der Waals surface area contributed by atoms with Gasteiger partial charge in [0.05, 0.1) is 4.99 Å². The normalized spacial score (nSPS) is 9.50. The van der Waals surface area contributed by atoms with Crippen molar-refractivity contribution in [1.29, 1.82) is 0 Å². The predicted octanol–water partition coefficient (Wildman–Crippen LogP) is 3.07. The monoisotopic (exact) mass is 205 g/mol. The van der Waals surface area contributed by atoms with Crippen LogP contribution in [0.1, 0.15) is 18.9 Å². The van der Waals surface area contributed by atoms with E-state index in [2.05, 4.69) is 36.2 Å². The lowest BCUT2D eigenvalue weighted by Gasteiger charge is -2.07. The summed E-state index contributed by atoms with van der Waals surface area (Å²) < 4.78 is 0. The molecule has 0 heterocycles. The molecule has 0 aliphatic heterocycles. The number of allylic oxidation sites excluding steroid dienone is 1. The Morgan fingerprint density at radius 1 is 1.36 bits per heavy atom. The van der Waals surface area contributed by atoms with Crippen LogP contribution in [0.2, 0.25) is 0 Å².